The highest BCUT2D eigenvalue weighted by Gasteiger charge is 2.41. The lowest BCUT2D eigenvalue weighted by atomic mass is 10.0. The average molecular weight is 775 g/mol. The summed E-state index contributed by atoms with van der Waals surface area (Å²) in [7, 11) is 1.35. The van der Waals surface area contributed by atoms with Crippen molar-refractivity contribution >= 4 is 41.4 Å². The van der Waals surface area contributed by atoms with Crippen molar-refractivity contribution in [2.45, 2.75) is 103 Å². The molecule has 0 aromatic heterocycles. The highest BCUT2D eigenvalue weighted by Crippen LogP contribution is 2.22. The zero-order chi connectivity index (χ0) is 41.6. The van der Waals surface area contributed by atoms with Crippen LogP contribution in [-0.2, 0) is 38.3 Å². The molecule has 5 N–H and O–H groups in total. The molecular weight excluding hydrogens is 716 g/mol. The molecule has 0 aliphatic carbocycles. The van der Waals surface area contributed by atoms with Gasteiger partial charge in [-0.1, -0.05) is 105 Å². The number of hydrogen-bond donors (Lipinski definition) is 4. The van der Waals surface area contributed by atoms with Gasteiger partial charge in [0.2, 0.25) is 35.4 Å². The van der Waals surface area contributed by atoms with Crippen molar-refractivity contribution in [3.05, 3.63) is 97.2 Å². The molecule has 2 aliphatic rings. The Kier molecular flexibility index (Phi) is 20.4. The first-order chi connectivity index (χ1) is 26.7. The molecule has 0 aromatic carbocycles. The van der Waals surface area contributed by atoms with Gasteiger partial charge < -0.3 is 36.2 Å². The average Bonchev–Trinajstić information content (AvgIpc) is 3.63. The predicted octanol–water partition coefficient (Wildman–Crippen LogP) is 3.01. The fourth-order valence-electron chi connectivity index (χ4n) is 5.97. The van der Waals surface area contributed by atoms with Gasteiger partial charge in [0.05, 0.1) is 0 Å². The Bertz CT molecular complexity index is 1640. The maximum atomic E-state index is 13.8. The van der Waals surface area contributed by atoms with E-state index >= 15 is 0 Å². The third-order valence-corrected chi connectivity index (χ3v) is 8.85. The van der Waals surface area contributed by atoms with Gasteiger partial charge in [-0.3, -0.25) is 28.8 Å². The number of carbonyl (C=O) groups excluding carboxylic acids is 7. The topological polar surface area (TPSA) is 197 Å². The van der Waals surface area contributed by atoms with Gasteiger partial charge in [-0.25, -0.2) is 4.79 Å². The van der Waals surface area contributed by atoms with Crippen molar-refractivity contribution in [3.63, 3.8) is 0 Å². The Morgan fingerprint density at radius 1 is 0.804 bits per heavy atom. The molecule has 2 heterocycles. The number of hydrogen-bond acceptors (Lipinski definition) is 8. The maximum absolute atomic E-state index is 13.8. The largest absolute Gasteiger partial charge is 0.458 e. The van der Waals surface area contributed by atoms with Crippen LogP contribution in [0.1, 0.15) is 66.7 Å². The molecule has 2 fully saturated rings. The fourth-order valence-corrected chi connectivity index (χ4v) is 5.97. The van der Waals surface area contributed by atoms with E-state index in [0.29, 0.717) is 12.8 Å². The number of nitrogens with one attached hydrogen (secondary N) is 3. The lowest BCUT2D eigenvalue weighted by Gasteiger charge is -2.34. The fraction of sp³-hybridized carbons (Fsp3) is 0.452. The van der Waals surface area contributed by atoms with Gasteiger partial charge in [0.25, 0.3) is 0 Å². The minimum atomic E-state index is -1.44. The molecule has 0 radical (unpaired) electrons. The van der Waals surface area contributed by atoms with Crippen LogP contribution < -0.4 is 21.7 Å². The van der Waals surface area contributed by atoms with Crippen molar-refractivity contribution in [2.24, 2.45) is 11.7 Å². The summed E-state index contributed by atoms with van der Waals surface area (Å²) < 4.78 is 5.68. The number of ether oxygens (including phenoxy) is 1. The molecule has 14 nitrogen and oxygen atoms in total. The summed E-state index contributed by atoms with van der Waals surface area (Å²) in [5.74, 6) is -4.89. The quantitative estimate of drug-likeness (QED) is 0.117. The van der Waals surface area contributed by atoms with E-state index < -0.39 is 77.7 Å². The molecular formula is C42H58N6O8. The second-order valence-electron chi connectivity index (χ2n) is 13.9. The molecule has 0 unspecified atom stereocenters. The monoisotopic (exact) mass is 774 g/mol. The minimum absolute atomic E-state index is 0.0142. The van der Waals surface area contributed by atoms with Crippen LogP contribution in [0.15, 0.2) is 97.2 Å². The highest BCUT2D eigenvalue weighted by atomic mass is 16.5. The lowest BCUT2D eigenvalue weighted by Crippen LogP contribution is -2.60. The number of primary amides is 1. The summed E-state index contributed by atoms with van der Waals surface area (Å²) >= 11 is 0. The van der Waals surface area contributed by atoms with Crippen molar-refractivity contribution in [1.29, 1.82) is 0 Å². The molecule has 0 bridgehead atoms. The van der Waals surface area contributed by atoms with E-state index in [-0.39, 0.29) is 31.7 Å². The number of esters is 1. The standard InChI is InChI=1S/C42H58N6O8/c1-7-8-9-10-11-12-13-14-15-16-17-18-19-20-21-24-36(50)47(6)37-31(5)56-42(55)32(25-26-35(43)49)45-39(52)34-23-22-27-48(34)41(54)33(28-29(2)3)46-38(51)30(4)44-40(37)53/h7-21,24,29-34,37H,22-23,25-28H2,1-6H3,(H2,43,49)(H,44,53)(H,45,52)(H,46,51)/b8-7+,10-9+,12-11+,14-13+,16-15+,18-17+,20-19+,24-21+/t30-,31-,32+,33+,34+,37+/m1/s1. The summed E-state index contributed by atoms with van der Waals surface area (Å²) in [4.78, 5) is 95.7. The van der Waals surface area contributed by atoms with E-state index in [0.717, 1.165) is 4.90 Å². The number of cyclic esters (lactones) is 1. The number of nitrogens with two attached hydrogens (primary N) is 1. The van der Waals surface area contributed by atoms with Crippen LogP contribution in [0.5, 0.6) is 0 Å². The van der Waals surface area contributed by atoms with Gasteiger partial charge in [-0.05, 0) is 52.4 Å². The number of likely N-dealkylation sites (N-methyl/N-ethyl adjacent to an activating group) is 1. The van der Waals surface area contributed by atoms with Gasteiger partial charge in [0.15, 0.2) is 0 Å². The van der Waals surface area contributed by atoms with Crippen LogP contribution in [0.3, 0.4) is 0 Å². The number of fused-ring (bicyclic) bond motifs is 1. The van der Waals surface area contributed by atoms with Crippen LogP contribution in [0.25, 0.3) is 0 Å². The maximum Gasteiger partial charge on any atom is 0.329 e. The number of carbonyl (C=O) groups is 7. The summed E-state index contributed by atoms with van der Waals surface area (Å²) in [6.07, 6.45) is 27.9. The van der Waals surface area contributed by atoms with Crippen LogP contribution in [0, 0.1) is 5.92 Å². The number of amides is 6. The zero-order valence-corrected chi connectivity index (χ0v) is 33.3. The molecule has 2 aliphatic heterocycles. The van der Waals surface area contributed by atoms with Gasteiger partial charge >= 0.3 is 5.97 Å². The number of nitrogens with zero attached hydrogens (tertiary/aromatic N) is 2. The molecule has 0 spiro atoms. The van der Waals surface area contributed by atoms with E-state index in [1.54, 1.807) is 24.3 Å². The van der Waals surface area contributed by atoms with Crippen LogP contribution in [0.2, 0.25) is 0 Å². The Labute approximate surface area is 330 Å². The second kappa shape index (κ2) is 24.6. The number of rotatable bonds is 14. The molecule has 2 saturated heterocycles. The Hall–Kier alpha value is -5.79. The van der Waals surface area contributed by atoms with E-state index in [2.05, 4.69) is 16.0 Å². The Balaban J connectivity index is 2.33. The lowest BCUT2D eigenvalue weighted by molar-refractivity contribution is -0.160. The van der Waals surface area contributed by atoms with Gasteiger partial charge in [-0.15, -0.1) is 0 Å². The van der Waals surface area contributed by atoms with Crippen molar-refractivity contribution in [2.75, 3.05) is 13.6 Å². The normalized spacial score (nSPS) is 25.1. The number of allylic oxidation sites excluding steroid dienone is 15. The Morgan fingerprint density at radius 2 is 1.34 bits per heavy atom. The molecule has 14 heteroatoms. The molecule has 6 atom stereocenters. The summed E-state index contributed by atoms with van der Waals surface area (Å²) in [6.45, 7) is 8.81. The Morgan fingerprint density at radius 3 is 1.88 bits per heavy atom. The first kappa shape index (κ1) is 46.4. The molecule has 0 aromatic rings. The summed E-state index contributed by atoms with van der Waals surface area (Å²) in [5, 5.41) is 7.96. The summed E-state index contributed by atoms with van der Waals surface area (Å²) in [5.41, 5.74) is 5.36. The van der Waals surface area contributed by atoms with E-state index in [1.165, 1.54) is 37.9 Å². The van der Waals surface area contributed by atoms with Crippen molar-refractivity contribution in [1.82, 2.24) is 25.8 Å². The third-order valence-electron chi connectivity index (χ3n) is 8.85. The molecule has 2 rings (SSSR count). The zero-order valence-electron chi connectivity index (χ0n) is 33.3. The molecule has 6 amide bonds. The molecule has 304 valence electrons. The van der Waals surface area contributed by atoms with Crippen LogP contribution in [0.4, 0.5) is 0 Å². The molecule has 0 saturated carbocycles. The molecule has 56 heavy (non-hydrogen) atoms. The second-order valence-corrected chi connectivity index (χ2v) is 13.9. The van der Waals surface area contributed by atoms with Gasteiger partial charge in [0.1, 0.15) is 36.3 Å². The first-order valence-electron chi connectivity index (χ1n) is 18.9. The van der Waals surface area contributed by atoms with Crippen LogP contribution in [-0.4, -0.2) is 101 Å². The van der Waals surface area contributed by atoms with E-state index in [1.807, 2.05) is 81.5 Å². The van der Waals surface area contributed by atoms with E-state index in [4.69, 9.17) is 10.5 Å². The van der Waals surface area contributed by atoms with Gasteiger partial charge in [-0.2, -0.15) is 0 Å². The first-order valence-corrected chi connectivity index (χ1v) is 18.9. The smallest absolute Gasteiger partial charge is 0.329 e. The summed E-state index contributed by atoms with van der Waals surface area (Å²) in [6, 6.07) is -5.89. The van der Waals surface area contributed by atoms with Crippen molar-refractivity contribution in [3.8, 4) is 0 Å². The van der Waals surface area contributed by atoms with Crippen LogP contribution >= 0.6 is 0 Å². The van der Waals surface area contributed by atoms with Crippen molar-refractivity contribution < 1.29 is 38.3 Å². The third kappa shape index (κ3) is 15.9. The SMILES string of the molecule is C/C=C/C=C/C=C/C=C/C=C/C=C/C=C/C=C/C(=O)N(C)[C@@H]1C(=O)N[C@H](C)C(=O)N[C@@H](CC(C)C)C(=O)N2CCC[C@H]2C(=O)N[C@@H](CCC(N)=O)C(=O)O[C@@H]1C. The predicted molar refractivity (Wildman–Crippen MR) is 215 cm³/mol. The minimum Gasteiger partial charge on any atom is -0.458 e. The highest BCUT2D eigenvalue weighted by molar-refractivity contribution is 5.97. The van der Waals surface area contributed by atoms with Gasteiger partial charge in [0, 0.05) is 26.1 Å². The van der Waals surface area contributed by atoms with E-state index in [9.17, 15) is 33.6 Å².